The number of rotatable bonds is 3. The summed E-state index contributed by atoms with van der Waals surface area (Å²) in [4.78, 5) is 12.0. The minimum absolute atomic E-state index is 0.0202. The van der Waals surface area contributed by atoms with E-state index in [-0.39, 0.29) is 23.1 Å². The topological polar surface area (TPSA) is 79.2 Å². The molecular formula is C16H13FN4O2S. The van der Waals surface area contributed by atoms with Gasteiger partial charge in [0, 0.05) is 5.39 Å². The lowest BCUT2D eigenvalue weighted by atomic mass is 10.2. The normalized spacial score (nSPS) is 10.4. The van der Waals surface area contributed by atoms with Crippen molar-refractivity contribution < 1.29 is 13.7 Å². The van der Waals surface area contributed by atoms with Gasteiger partial charge < -0.3 is 9.84 Å². The zero-order valence-corrected chi connectivity index (χ0v) is 13.2. The molecule has 0 aliphatic carbocycles. The highest BCUT2D eigenvalue weighted by molar-refractivity contribution is 7.80. The summed E-state index contributed by atoms with van der Waals surface area (Å²) >= 11 is 5.00. The third-order valence-corrected chi connectivity index (χ3v) is 3.42. The Labute approximate surface area is 142 Å². The number of thiocarbonyl (C=S) groups is 1. The van der Waals surface area contributed by atoms with Crippen LogP contribution in [-0.4, -0.2) is 16.2 Å². The third kappa shape index (κ3) is 3.66. The molecule has 3 N–H and O–H groups in total. The Hall–Kier alpha value is -3.00. The molecule has 0 fully saturated rings. The molecule has 3 aromatic rings. The molecule has 6 nitrogen and oxygen atoms in total. The number of fused-ring (bicyclic) bond motifs is 1. The molecule has 0 radical (unpaired) electrons. The highest BCUT2D eigenvalue weighted by Crippen LogP contribution is 2.17. The van der Waals surface area contributed by atoms with Gasteiger partial charge in [-0.3, -0.25) is 15.6 Å². The number of hydrogen-bond acceptors (Lipinski definition) is 4. The van der Waals surface area contributed by atoms with E-state index < -0.39 is 5.82 Å². The Balaban J connectivity index is 1.54. The number of hydrazine groups is 1. The molecule has 0 bridgehead atoms. The fraction of sp³-hybridized carbons (Fsp3) is 0.0625. The van der Waals surface area contributed by atoms with E-state index in [1.165, 1.54) is 12.1 Å². The zero-order valence-electron chi connectivity index (χ0n) is 12.4. The molecule has 0 saturated heterocycles. The summed E-state index contributed by atoms with van der Waals surface area (Å²) in [7, 11) is 0. The number of carbonyl (C=O) groups excluding carboxylic acids is 1. The van der Waals surface area contributed by atoms with Crippen molar-refractivity contribution in [3.8, 4) is 0 Å². The maximum atomic E-state index is 13.5. The standard InChI is InChI=1S/C16H13FN4O2S/c17-11-6-2-3-7-12(11)18-16(24)20-19-15(22)9-13-10-5-1-4-8-14(10)23-21-13/h1-8H,9H2,(H,19,22)(H2,18,20,24). The van der Waals surface area contributed by atoms with Crippen molar-refractivity contribution in [3.05, 3.63) is 60.0 Å². The summed E-state index contributed by atoms with van der Waals surface area (Å²) in [6, 6.07) is 13.3. The smallest absolute Gasteiger partial charge is 0.244 e. The average Bonchev–Trinajstić information content (AvgIpc) is 2.98. The van der Waals surface area contributed by atoms with Gasteiger partial charge in [0.25, 0.3) is 0 Å². The van der Waals surface area contributed by atoms with Gasteiger partial charge in [-0.15, -0.1) is 0 Å². The van der Waals surface area contributed by atoms with Crippen molar-refractivity contribution in [3.63, 3.8) is 0 Å². The lowest BCUT2D eigenvalue weighted by Crippen LogP contribution is -2.44. The van der Waals surface area contributed by atoms with E-state index in [2.05, 4.69) is 21.3 Å². The third-order valence-electron chi connectivity index (χ3n) is 3.22. The van der Waals surface area contributed by atoms with Crippen LogP contribution in [0.1, 0.15) is 5.69 Å². The molecule has 8 heteroatoms. The molecule has 0 aliphatic heterocycles. The first-order valence-electron chi connectivity index (χ1n) is 7.07. The summed E-state index contributed by atoms with van der Waals surface area (Å²) in [6.45, 7) is 0. The van der Waals surface area contributed by atoms with E-state index >= 15 is 0 Å². The van der Waals surface area contributed by atoms with Crippen LogP contribution in [0, 0.1) is 5.82 Å². The number of amides is 1. The fourth-order valence-electron chi connectivity index (χ4n) is 2.10. The van der Waals surface area contributed by atoms with Crippen molar-refractivity contribution in [2.45, 2.75) is 6.42 Å². The van der Waals surface area contributed by atoms with Gasteiger partial charge in [-0.25, -0.2) is 4.39 Å². The predicted molar refractivity (Wildman–Crippen MR) is 91.6 cm³/mol. The number of nitrogens with zero attached hydrogens (tertiary/aromatic N) is 1. The van der Waals surface area contributed by atoms with Gasteiger partial charge in [-0.1, -0.05) is 29.4 Å². The Morgan fingerprint density at radius 2 is 1.88 bits per heavy atom. The monoisotopic (exact) mass is 344 g/mol. The van der Waals surface area contributed by atoms with Gasteiger partial charge >= 0.3 is 0 Å². The maximum absolute atomic E-state index is 13.5. The molecule has 2 aromatic carbocycles. The number of aromatic nitrogens is 1. The number of nitrogens with one attached hydrogen (secondary N) is 3. The van der Waals surface area contributed by atoms with Crippen LogP contribution in [0.3, 0.4) is 0 Å². The molecule has 122 valence electrons. The van der Waals surface area contributed by atoms with Crippen LogP contribution < -0.4 is 16.2 Å². The summed E-state index contributed by atoms with van der Waals surface area (Å²) < 4.78 is 18.6. The molecule has 1 aromatic heterocycles. The number of anilines is 1. The van der Waals surface area contributed by atoms with Crippen LogP contribution >= 0.6 is 12.2 Å². The van der Waals surface area contributed by atoms with E-state index in [0.29, 0.717) is 11.3 Å². The van der Waals surface area contributed by atoms with Gasteiger partial charge in [0.15, 0.2) is 10.7 Å². The molecular weight excluding hydrogens is 331 g/mol. The van der Waals surface area contributed by atoms with Crippen LogP contribution in [-0.2, 0) is 11.2 Å². The minimum atomic E-state index is -0.443. The second kappa shape index (κ2) is 7.05. The number of benzene rings is 2. The number of carbonyl (C=O) groups is 1. The van der Waals surface area contributed by atoms with Crippen LogP contribution in [0.5, 0.6) is 0 Å². The SMILES string of the molecule is O=C(Cc1noc2ccccc12)NNC(=S)Nc1ccccc1F. The van der Waals surface area contributed by atoms with Crippen LogP contribution in [0.25, 0.3) is 11.0 Å². The van der Waals surface area contributed by atoms with Crippen molar-refractivity contribution in [1.29, 1.82) is 0 Å². The van der Waals surface area contributed by atoms with Gasteiger partial charge in [-0.2, -0.15) is 0 Å². The number of hydrogen-bond donors (Lipinski definition) is 3. The Kier molecular flexibility index (Phi) is 4.66. The van der Waals surface area contributed by atoms with Crippen LogP contribution in [0.2, 0.25) is 0 Å². The van der Waals surface area contributed by atoms with E-state index in [1.807, 2.05) is 18.2 Å². The molecule has 0 spiro atoms. The average molecular weight is 344 g/mol. The second-order valence-electron chi connectivity index (χ2n) is 4.91. The summed E-state index contributed by atoms with van der Waals surface area (Å²) in [5, 5.41) is 7.38. The van der Waals surface area contributed by atoms with Crippen molar-refractivity contribution in [1.82, 2.24) is 16.0 Å². The summed E-state index contributed by atoms with van der Waals surface area (Å²) in [5.74, 6) is -0.797. The molecule has 1 heterocycles. The van der Waals surface area contributed by atoms with E-state index in [0.717, 1.165) is 5.39 Å². The zero-order chi connectivity index (χ0) is 16.9. The fourth-order valence-corrected chi connectivity index (χ4v) is 2.27. The first-order valence-corrected chi connectivity index (χ1v) is 7.48. The van der Waals surface area contributed by atoms with Crippen molar-refractivity contribution in [2.24, 2.45) is 0 Å². The lowest BCUT2D eigenvalue weighted by molar-refractivity contribution is -0.121. The maximum Gasteiger partial charge on any atom is 0.244 e. The summed E-state index contributed by atoms with van der Waals surface area (Å²) in [6.07, 6.45) is 0.0202. The van der Waals surface area contributed by atoms with Crippen molar-refractivity contribution in [2.75, 3.05) is 5.32 Å². The largest absolute Gasteiger partial charge is 0.356 e. The molecule has 3 rings (SSSR count). The summed E-state index contributed by atoms with van der Waals surface area (Å²) in [5.41, 5.74) is 6.30. The quantitative estimate of drug-likeness (QED) is 0.501. The first-order chi connectivity index (χ1) is 11.6. The predicted octanol–water partition coefficient (Wildman–Crippen LogP) is 2.53. The van der Waals surface area contributed by atoms with Crippen LogP contribution in [0.15, 0.2) is 53.1 Å². The number of para-hydroxylation sites is 2. The van der Waals surface area contributed by atoms with Gasteiger partial charge in [-0.05, 0) is 36.5 Å². The van der Waals surface area contributed by atoms with Crippen molar-refractivity contribution >= 4 is 39.9 Å². The molecule has 0 atom stereocenters. The molecule has 0 aliphatic rings. The van der Waals surface area contributed by atoms with Crippen LogP contribution in [0.4, 0.5) is 10.1 Å². The Bertz CT molecular complexity index is 896. The first kappa shape index (κ1) is 15.9. The van der Waals surface area contributed by atoms with Gasteiger partial charge in [0.1, 0.15) is 11.5 Å². The highest BCUT2D eigenvalue weighted by Gasteiger charge is 2.12. The molecule has 1 amide bonds. The van der Waals surface area contributed by atoms with E-state index in [9.17, 15) is 9.18 Å². The minimum Gasteiger partial charge on any atom is -0.356 e. The van der Waals surface area contributed by atoms with E-state index in [1.54, 1.807) is 18.2 Å². The van der Waals surface area contributed by atoms with Gasteiger partial charge in [0.2, 0.25) is 5.91 Å². The van der Waals surface area contributed by atoms with Gasteiger partial charge in [0.05, 0.1) is 12.1 Å². The second-order valence-corrected chi connectivity index (χ2v) is 5.32. The Morgan fingerprint density at radius 1 is 1.12 bits per heavy atom. The van der Waals surface area contributed by atoms with E-state index in [4.69, 9.17) is 16.7 Å². The molecule has 0 saturated carbocycles. The Morgan fingerprint density at radius 3 is 2.71 bits per heavy atom. The molecule has 24 heavy (non-hydrogen) atoms. The molecule has 0 unspecified atom stereocenters. The lowest BCUT2D eigenvalue weighted by Gasteiger charge is -2.11. The number of halogens is 1. The highest BCUT2D eigenvalue weighted by atomic mass is 32.1.